The fraction of sp³-hybridized carbons (Fsp3) is 0.464. The Hall–Kier alpha value is -3.79. The molecule has 0 radical (unpaired) electrons. The highest BCUT2D eigenvalue weighted by molar-refractivity contribution is 6.07. The van der Waals surface area contributed by atoms with Gasteiger partial charge in [0.2, 0.25) is 5.91 Å². The van der Waals surface area contributed by atoms with E-state index in [4.69, 9.17) is 5.10 Å². The third-order valence-corrected chi connectivity index (χ3v) is 7.97. The lowest BCUT2D eigenvalue weighted by Crippen LogP contribution is -2.62. The second kappa shape index (κ2) is 10.2. The third-order valence-electron chi connectivity index (χ3n) is 7.97. The van der Waals surface area contributed by atoms with Gasteiger partial charge in [-0.15, -0.1) is 0 Å². The maximum Gasteiger partial charge on any atom is 0.262 e. The number of hydrogen-bond donors (Lipinski definition) is 1. The molecule has 5 heterocycles. The quantitative estimate of drug-likeness (QED) is 0.542. The van der Waals surface area contributed by atoms with Crippen molar-refractivity contribution in [3.63, 3.8) is 0 Å². The molecule has 10 nitrogen and oxygen atoms in total. The van der Waals surface area contributed by atoms with Crippen LogP contribution in [0.2, 0.25) is 0 Å². The van der Waals surface area contributed by atoms with Crippen molar-refractivity contribution in [3.8, 4) is 5.69 Å². The number of likely N-dealkylation sites (tertiary alicyclic amines) is 2. The minimum atomic E-state index is -0.240. The molecule has 2 fully saturated rings. The number of aryl methyl sites for hydroxylation is 2. The molecule has 0 bridgehead atoms. The molecule has 10 heteroatoms. The molecule has 2 aromatic heterocycles. The van der Waals surface area contributed by atoms with E-state index in [2.05, 4.69) is 39.4 Å². The number of piperidine rings is 1. The van der Waals surface area contributed by atoms with E-state index in [0.717, 1.165) is 63.4 Å². The Labute approximate surface area is 222 Å². The van der Waals surface area contributed by atoms with Gasteiger partial charge in [0, 0.05) is 56.7 Å². The lowest BCUT2D eigenvalue weighted by Gasteiger charge is -2.47. The van der Waals surface area contributed by atoms with Gasteiger partial charge in [-0.05, 0) is 45.0 Å². The molecular formula is C28H34N8O2. The third kappa shape index (κ3) is 4.64. The van der Waals surface area contributed by atoms with Gasteiger partial charge >= 0.3 is 0 Å². The monoisotopic (exact) mass is 514 g/mol. The molecular weight excluding hydrogens is 480 g/mol. The number of hydrogen-bond acceptors (Lipinski definition) is 6. The van der Waals surface area contributed by atoms with Gasteiger partial charge < -0.3 is 10.2 Å². The van der Waals surface area contributed by atoms with Crippen molar-refractivity contribution < 1.29 is 9.59 Å². The fourth-order valence-corrected chi connectivity index (χ4v) is 5.60. The summed E-state index contributed by atoms with van der Waals surface area (Å²) in [7, 11) is 0. The van der Waals surface area contributed by atoms with Gasteiger partial charge in [0.15, 0.2) is 5.82 Å². The van der Waals surface area contributed by atoms with Crippen LogP contribution < -0.4 is 5.32 Å². The van der Waals surface area contributed by atoms with Gasteiger partial charge in [0.25, 0.3) is 5.91 Å². The number of rotatable bonds is 6. The highest BCUT2D eigenvalue weighted by Gasteiger charge is 2.36. The van der Waals surface area contributed by atoms with Crippen LogP contribution in [0, 0.1) is 6.92 Å². The van der Waals surface area contributed by atoms with Gasteiger partial charge in [-0.25, -0.2) is 14.4 Å². The lowest BCUT2D eigenvalue weighted by atomic mass is 9.91. The van der Waals surface area contributed by atoms with E-state index in [1.54, 1.807) is 10.9 Å². The molecule has 2 amide bonds. The molecule has 38 heavy (non-hydrogen) atoms. The van der Waals surface area contributed by atoms with Crippen molar-refractivity contribution in [3.05, 3.63) is 53.3 Å². The van der Waals surface area contributed by atoms with Gasteiger partial charge in [-0.3, -0.25) is 14.5 Å². The average molecular weight is 515 g/mol. The molecule has 3 aliphatic rings. The number of anilines is 1. The molecule has 0 unspecified atom stereocenters. The summed E-state index contributed by atoms with van der Waals surface area (Å²) in [6, 6.07) is 10.6. The number of aliphatic imine (C=N–C) groups is 1. The van der Waals surface area contributed by atoms with E-state index in [0.29, 0.717) is 35.6 Å². The maximum atomic E-state index is 13.3. The topological polar surface area (TPSA) is 101 Å². The van der Waals surface area contributed by atoms with Crippen LogP contribution in [0.3, 0.4) is 0 Å². The standard InChI is InChI=1S/C28H34N8O2/c1-3-26(37)34-17-22(18-34)33-13-9-20(10-14-33)24-15-25(36(32-24)21-7-5-19(2)6-8-21)31-28(38)23-16-30-35-12-4-11-29-27(23)35/h5-8,11,15-16,20,22H,3-4,9-10,12-14,17-18H2,1-2H3,(H,31,38). The van der Waals surface area contributed by atoms with Gasteiger partial charge in [0.05, 0.1) is 17.6 Å². The van der Waals surface area contributed by atoms with Crippen molar-refractivity contribution >= 4 is 29.7 Å². The number of nitrogens with zero attached hydrogens (tertiary/aromatic N) is 7. The zero-order valence-corrected chi connectivity index (χ0v) is 22.0. The molecule has 2 saturated heterocycles. The number of carbonyl (C=O) groups is 2. The van der Waals surface area contributed by atoms with E-state index in [-0.39, 0.29) is 11.8 Å². The molecule has 1 aromatic carbocycles. The Morgan fingerprint density at radius 1 is 1.08 bits per heavy atom. The van der Waals surface area contributed by atoms with Crippen LogP contribution in [0.15, 0.2) is 41.5 Å². The molecule has 0 saturated carbocycles. The van der Waals surface area contributed by atoms with Crippen LogP contribution in [0.1, 0.15) is 60.1 Å². The second-order valence-corrected chi connectivity index (χ2v) is 10.5. The Bertz CT molecular complexity index is 1360. The van der Waals surface area contributed by atoms with Crippen molar-refractivity contribution in [2.45, 2.75) is 58.0 Å². The van der Waals surface area contributed by atoms with Gasteiger partial charge in [0.1, 0.15) is 11.4 Å². The Morgan fingerprint density at radius 2 is 1.84 bits per heavy atom. The van der Waals surface area contributed by atoms with Crippen LogP contribution in [0.5, 0.6) is 0 Å². The first-order valence-electron chi connectivity index (χ1n) is 13.6. The molecule has 0 aliphatic carbocycles. The first-order valence-corrected chi connectivity index (χ1v) is 13.6. The second-order valence-electron chi connectivity index (χ2n) is 10.5. The summed E-state index contributed by atoms with van der Waals surface area (Å²) in [5.74, 6) is 1.56. The number of nitrogens with one attached hydrogen (secondary N) is 1. The first-order chi connectivity index (χ1) is 18.5. The van der Waals surface area contributed by atoms with Crippen molar-refractivity contribution in [2.75, 3.05) is 31.5 Å². The highest BCUT2D eigenvalue weighted by atomic mass is 16.2. The normalized spacial score (nSPS) is 18.3. The fourth-order valence-electron chi connectivity index (χ4n) is 5.60. The molecule has 3 aromatic rings. The number of fused-ring (bicyclic) bond motifs is 1. The minimum absolute atomic E-state index is 0.240. The summed E-state index contributed by atoms with van der Waals surface area (Å²) in [6.07, 6.45) is 6.82. The summed E-state index contributed by atoms with van der Waals surface area (Å²) >= 11 is 0. The summed E-state index contributed by atoms with van der Waals surface area (Å²) in [4.78, 5) is 34.1. The predicted octanol–water partition coefficient (Wildman–Crippen LogP) is 3.54. The summed E-state index contributed by atoms with van der Waals surface area (Å²) in [5.41, 5.74) is 3.52. The Morgan fingerprint density at radius 3 is 2.58 bits per heavy atom. The zero-order chi connectivity index (χ0) is 26.2. The van der Waals surface area contributed by atoms with E-state index in [1.165, 1.54) is 5.56 Å². The summed E-state index contributed by atoms with van der Waals surface area (Å²) < 4.78 is 3.60. The number of aromatic nitrogens is 4. The van der Waals surface area contributed by atoms with Crippen molar-refractivity contribution in [1.82, 2.24) is 29.4 Å². The zero-order valence-electron chi connectivity index (χ0n) is 22.0. The van der Waals surface area contributed by atoms with Crippen LogP contribution in [-0.2, 0) is 11.3 Å². The molecule has 0 atom stereocenters. The minimum Gasteiger partial charge on any atom is -0.339 e. The maximum absolute atomic E-state index is 13.3. The summed E-state index contributed by atoms with van der Waals surface area (Å²) in [6.45, 7) is 8.37. The van der Waals surface area contributed by atoms with E-state index in [9.17, 15) is 9.59 Å². The SMILES string of the molecule is CCC(=O)N1CC(N2CCC(c3cc(NC(=O)c4cnn5c4N=CCC5)n(-c4ccc(C)cc4)n3)CC2)C1. The lowest BCUT2D eigenvalue weighted by molar-refractivity contribution is -0.138. The van der Waals surface area contributed by atoms with Gasteiger partial charge in [-0.1, -0.05) is 24.6 Å². The van der Waals surface area contributed by atoms with Crippen LogP contribution in [-0.4, -0.2) is 79.6 Å². The molecule has 0 spiro atoms. The highest BCUT2D eigenvalue weighted by Crippen LogP contribution is 2.33. The number of amides is 2. The van der Waals surface area contributed by atoms with Crippen LogP contribution in [0.4, 0.5) is 11.6 Å². The molecule has 3 aliphatic heterocycles. The van der Waals surface area contributed by atoms with E-state index in [1.807, 2.05) is 40.9 Å². The van der Waals surface area contributed by atoms with Crippen LogP contribution >= 0.6 is 0 Å². The largest absolute Gasteiger partial charge is 0.339 e. The molecule has 1 N–H and O–H groups in total. The Kier molecular flexibility index (Phi) is 6.57. The van der Waals surface area contributed by atoms with Crippen molar-refractivity contribution in [1.29, 1.82) is 0 Å². The Balaban J connectivity index is 1.19. The smallest absolute Gasteiger partial charge is 0.262 e. The van der Waals surface area contributed by atoms with Gasteiger partial charge in [-0.2, -0.15) is 10.2 Å². The van der Waals surface area contributed by atoms with Crippen molar-refractivity contribution in [2.24, 2.45) is 4.99 Å². The van der Waals surface area contributed by atoms with E-state index >= 15 is 0 Å². The van der Waals surface area contributed by atoms with Crippen LogP contribution in [0.25, 0.3) is 5.69 Å². The molecule has 198 valence electrons. The summed E-state index contributed by atoms with van der Waals surface area (Å²) in [5, 5.41) is 12.4. The number of benzene rings is 1. The first kappa shape index (κ1) is 24.5. The van der Waals surface area contributed by atoms with E-state index < -0.39 is 0 Å². The average Bonchev–Trinajstić information content (AvgIpc) is 3.53. The predicted molar refractivity (Wildman–Crippen MR) is 145 cm³/mol. The number of carbonyl (C=O) groups excluding carboxylic acids is 2. The molecule has 6 rings (SSSR count).